The van der Waals surface area contributed by atoms with Crippen LogP contribution in [0.25, 0.3) is 11.3 Å². The predicted molar refractivity (Wildman–Crippen MR) is 141 cm³/mol. The van der Waals surface area contributed by atoms with Gasteiger partial charge >= 0.3 is 0 Å². The van der Waals surface area contributed by atoms with Gasteiger partial charge in [-0.25, -0.2) is 0 Å². The van der Waals surface area contributed by atoms with Crippen molar-refractivity contribution in [3.8, 4) is 11.3 Å². The molecule has 2 unspecified atom stereocenters. The molecule has 2 aromatic carbocycles. The first-order valence-corrected chi connectivity index (χ1v) is 13.6. The normalized spacial score (nSPS) is 22.9. The Kier molecular flexibility index (Phi) is 6.59. The molecule has 3 fully saturated rings. The van der Waals surface area contributed by atoms with E-state index in [9.17, 15) is 9.59 Å². The van der Waals surface area contributed by atoms with E-state index in [1.54, 1.807) is 36.4 Å². The number of aromatic nitrogens is 1. The van der Waals surface area contributed by atoms with Crippen LogP contribution in [0.3, 0.4) is 0 Å². The fraction of sp³-hybridized carbons (Fsp3) is 0.414. The third kappa shape index (κ3) is 4.71. The fourth-order valence-electron chi connectivity index (χ4n) is 5.89. The summed E-state index contributed by atoms with van der Waals surface area (Å²) in [4.78, 5) is 27.0. The van der Waals surface area contributed by atoms with Crippen LogP contribution in [0.2, 0.25) is 10.0 Å². The van der Waals surface area contributed by atoms with E-state index in [0.29, 0.717) is 58.0 Å². The molecule has 2 bridgehead atoms. The van der Waals surface area contributed by atoms with Crippen molar-refractivity contribution in [2.24, 2.45) is 11.8 Å². The van der Waals surface area contributed by atoms with E-state index >= 15 is 0 Å². The molecule has 3 aliphatic rings. The largest absolute Gasteiger partial charge is 0.373 e. The molecule has 0 N–H and O–H groups in total. The van der Waals surface area contributed by atoms with Gasteiger partial charge in [0.15, 0.2) is 5.78 Å². The molecule has 2 aliphatic carbocycles. The maximum Gasteiger partial charge on any atom is 0.253 e. The van der Waals surface area contributed by atoms with Crippen LogP contribution in [0.4, 0.5) is 0 Å². The zero-order valence-electron chi connectivity index (χ0n) is 20.6. The number of hydrogen-bond donors (Lipinski definition) is 0. The number of hydrogen-bond acceptors (Lipinski definition) is 5. The van der Waals surface area contributed by atoms with Gasteiger partial charge in [0.2, 0.25) is 0 Å². The summed E-state index contributed by atoms with van der Waals surface area (Å²) in [5.41, 5.74) is 3.38. The molecule has 1 amide bonds. The predicted octanol–water partition coefficient (Wildman–Crippen LogP) is 6.80. The molecule has 6 rings (SSSR count). The first kappa shape index (κ1) is 24.7. The topological polar surface area (TPSA) is 72.6 Å². The number of rotatable bonds is 7. The Morgan fingerprint density at radius 1 is 1.00 bits per heavy atom. The average molecular weight is 539 g/mol. The van der Waals surface area contributed by atoms with Crippen molar-refractivity contribution in [1.82, 2.24) is 10.1 Å². The van der Waals surface area contributed by atoms with Crippen LogP contribution in [0.1, 0.15) is 70.6 Å². The van der Waals surface area contributed by atoms with Crippen molar-refractivity contribution >= 4 is 34.9 Å². The lowest BCUT2D eigenvalue weighted by atomic mass is 9.93. The third-order valence-electron chi connectivity index (χ3n) is 7.94. The van der Waals surface area contributed by atoms with E-state index in [0.717, 1.165) is 37.0 Å². The molecule has 1 aliphatic heterocycles. The van der Waals surface area contributed by atoms with Gasteiger partial charge in [0, 0.05) is 53.1 Å². The molecule has 1 saturated heterocycles. The number of Topliss-reactive ketones (excluding diaryl/α,β-unsaturated/α-hetero) is 1. The van der Waals surface area contributed by atoms with Gasteiger partial charge in [-0.05, 0) is 56.9 Å². The first-order valence-electron chi connectivity index (χ1n) is 12.9. The van der Waals surface area contributed by atoms with E-state index in [-0.39, 0.29) is 29.6 Å². The molecule has 0 radical (unpaired) electrons. The number of fused-ring (bicyclic) bond motifs is 2. The van der Waals surface area contributed by atoms with Crippen molar-refractivity contribution in [2.45, 2.75) is 51.2 Å². The van der Waals surface area contributed by atoms with Gasteiger partial charge in [-0.15, -0.1) is 0 Å². The van der Waals surface area contributed by atoms with Gasteiger partial charge in [0.05, 0.1) is 22.8 Å². The second-order valence-electron chi connectivity index (χ2n) is 10.5. The lowest BCUT2D eigenvalue weighted by Gasteiger charge is -2.38. The number of nitrogens with zero attached hydrogens (tertiary/aromatic N) is 2. The molecule has 2 saturated carbocycles. The number of benzene rings is 2. The van der Waals surface area contributed by atoms with Crippen LogP contribution in [-0.4, -0.2) is 40.9 Å². The van der Waals surface area contributed by atoms with E-state index < -0.39 is 0 Å². The minimum atomic E-state index is -0.0430. The number of amides is 1. The van der Waals surface area contributed by atoms with Crippen molar-refractivity contribution < 1.29 is 18.8 Å². The summed E-state index contributed by atoms with van der Waals surface area (Å²) in [5.74, 6) is 1.69. The molecule has 0 spiro atoms. The van der Waals surface area contributed by atoms with Crippen LogP contribution in [0.15, 0.2) is 47.0 Å². The number of piperidine rings is 1. The minimum Gasteiger partial charge on any atom is -0.373 e. The fourth-order valence-corrected chi connectivity index (χ4v) is 6.47. The van der Waals surface area contributed by atoms with Gasteiger partial charge in [-0.1, -0.05) is 46.6 Å². The van der Waals surface area contributed by atoms with Gasteiger partial charge in [-0.3, -0.25) is 9.59 Å². The van der Waals surface area contributed by atoms with Crippen molar-refractivity contribution in [2.75, 3.05) is 13.1 Å². The van der Waals surface area contributed by atoms with Crippen molar-refractivity contribution in [1.29, 1.82) is 0 Å². The maximum absolute atomic E-state index is 13.3. The molecular formula is C29H28Cl2N2O4. The van der Waals surface area contributed by atoms with Gasteiger partial charge in [0.1, 0.15) is 11.5 Å². The van der Waals surface area contributed by atoms with Gasteiger partial charge in [-0.2, -0.15) is 0 Å². The maximum atomic E-state index is 13.3. The molecule has 192 valence electrons. The van der Waals surface area contributed by atoms with Crippen LogP contribution < -0.4 is 0 Å². The molecular weight excluding hydrogens is 511 g/mol. The second kappa shape index (κ2) is 9.90. The number of likely N-dealkylation sites (tertiary alicyclic amines) is 1. The number of halogens is 2. The number of carbonyl (C=O) groups excluding carboxylic acids is 2. The SMILES string of the molecule is CC(=O)c1cccc(C(=O)N2CC3CCC(C2)C3OCc2c(-c3c(Cl)cccc3Cl)noc2C2CC2)c1. The third-order valence-corrected chi connectivity index (χ3v) is 8.57. The van der Waals surface area contributed by atoms with Gasteiger partial charge in [0.25, 0.3) is 5.91 Å². The molecule has 37 heavy (non-hydrogen) atoms. The van der Waals surface area contributed by atoms with E-state index in [4.69, 9.17) is 32.5 Å². The first-order chi connectivity index (χ1) is 17.9. The number of ketones is 1. The van der Waals surface area contributed by atoms with Crippen molar-refractivity contribution in [3.05, 3.63) is 75.0 Å². The smallest absolute Gasteiger partial charge is 0.253 e. The van der Waals surface area contributed by atoms with Crippen LogP contribution in [-0.2, 0) is 11.3 Å². The second-order valence-corrected chi connectivity index (χ2v) is 11.3. The zero-order chi connectivity index (χ0) is 25.7. The molecule has 6 nitrogen and oxygen atoms in total. The molecule has 3 aromatic rings. The Balaban J connectivity index is 1.19. The van der Waals surface area contributed by atoms with Crippen LogP contribution in [0.5, 0.6) is 0 Å². The molecule has 2 heterocycles. The van der Waals surface area contributed by atoms with E-state index in [1.165, 1.54) is 6.92 Å². The lowest BCUT2D eigenvalue weighted by Crippen LogP contribution is -2.48. The van der Waals surface area contributed by atoms with Crippen molar-refractivity contribution in [3.63, 3.8) is 0 Å². The summed E-state index contributed by atoms with van der Waals surface area (Å²) < 4.78 is 12.4. The Bertz CT molecular complexity index is 1330. The standard InChI is InChI=1S/C29H28Cl2N2O4/c1-16(34)18-4-2-5-19(12-18)29(35)33-13-20-10-11-21(14-33)27(20)36-15-22-26(32-37-28(22)17-8-9-17)25-23(30)6-3-7-24(25)31/h2-7,12,17,20-21,27H,8-11,13-15H2,1H3. The summed E-state index contributed by atoms with van der Waals surface area (Å²) in [7, 11) is 0. The summed E-state index contributed by atoms with van der Waals surface area (Å²) in [6.45, 7) is 3.18. The lowest BCUT2D eigenvalue weighted by molar-refractivity contribution is -0.0456. The monoisotopic (exact) mass is 538 g/mol. The highest BCUT2D eigenvalue weighted by molar-refractivity contribution is 6.39. The summed E-state index contributed by atoms with van der Waals surface area (Å²) >= 11 is 13.0. The highest BCUT2D eigenvalue weighted by Gasteiger charge is 2.45. The van der Waals surface area contributed by atoms with Gasteiger partial charge < -0.3 is 14.2 Å². The Morgan fingerprint density at radius 3 is 2.30 bits per heavy atom. The number of carbonyl (C=O) groups is 2. The quantitative estimate of drug-likeness (QED) is 0.309. The van der Waals surface area contributed by atoms with E-state index in [1.807, 2.05) is 11.0 Å². The Morgan fingerprint density at radius 2 is 1.65 bits per heavy atom. The minimum absolute atomic E-state index is 0.0239. The summed E-state index contributed by atoms with van der Waals surface area (Å²) in [6.07, 6.45) is 4.26. The van der Waals surface area contributed by atoms with Crippen LogP contribution >= 0.6 is 23.2 Å². The molecule has 2 atom stereocenters. The molecule has 8 heteroatoms. The Hall–Kier alpha value is -2.67. The van der Waals surface area contributed by atoms with Crippen LogP contribution in [0, 0.1) is 11.8 Å². The summed E-state index contributed by atoms with van der Waals surface area (Å²) in [5, 5.41) is 5.44. The highest BCUT2D eigenvalue weighted by atomic mass is 35.5. The summed E-state index contributed by atoms with van der Waals surface area (Å²) in [6, 6.07) is 12.4. The number of ether oxygens (including phenoxy) is 1. The van der Waals surface area contributed by atoms with E-state index in [2.05, 4.69) is 5.16 Å². The molecule has 1 aromatic heterocycles. The Labute approximate surface area is 225 Å². The average Bonchev–Trinajstić information content (AvgIpc) is 3.61. The zero-order valence-corrected chi connectivity index (χ0v) is 22.1. The highest BCUT2D eigenvalue weighted by Crippen LogP contribution is 2.47.